The van der Waals surface area contributed by atoms with Gasteiger partial charge < -0.3 is 9.64 Å². The van der Waals surface area contributed by atoms with Crippen LogP contribution >= 0.6 is 0 Å². The number of rotatable bonds is 8. The minimum Gasteiger partial charge on any atom is -0.497 e. The third-order valence-corrected chi connectivity index (χ3v) is 7.02. The monoisotopic (exact) mass is 557 g/mol. The predicted octanol–water partition coefficient (Wildman–Crippen LogP) is 3.29. The molecule has 0 spiro atoms. The number of hydrogen-bond acceptors (Lipinski definition) is 6. The Morgan fingerprint density at radius 3 is 2.62 bits per heavy atom. The number of hydrogen-bond donors (Lipinski definition) is 3. The summed E-state index contributed by atoms with van der Waals surface area (Å²) in [7, 11) is 3.19. The molecule has 1 atom stereocenters. The van der Waals surface area contributed by atoms with Gasteiger partial charge in [0.25, 0.3) is 11.9 Å². The van der Waals surface area contributed by atoms with Crippen LogP contribution in [0.3, 0.4) is 0 Å². The van der Waals surface area contributed by atoms with Gasteiger partial charge in [-0.3, -0.25) is 30.1 Å². The zero-order valence-electron chi connectivity index (χ0n) is 22.7. The Balaban J connectivity index is 1.86. The highest BCUT2D eigenvalue weighted by Crippen LogP contribution is 2.41. The number of aryl methyl sites for hydroxylation is 1. The second-order valence-electron chi connectivity index (χ2n) is 9.39. The number of nitrogens with two attached hydrogens (primary N) is 1. The molecule has 3 heterocycles. The van der Waals surface area contributed by atoms with Gasteiger partial charge in [0.2, 0.25) is 0 Å². The molecule has 0 radical (unpaired) electrons. The van der Waals surface area contributed by atoms with E-state index in [1.165, 1.54) is 21.1 Å². The molecule has 212 valence electrons. The van der Waals surface area contributed by atoms with Gasteiger partial charge in [-0.2, -0.15) is 18.3 Å². The third kappa shape index (κ3) is 5.55. The van der Waals surface area contributed by atoms with Gasteiger partial charge in [0.15, 0.2) is 5.69 Å². The third-order valence-electron chi connectivity index (χ3n) is 7.02. The number of amides is 1. The lowest BCUT2D eigenvalue weighted by Crippen LogP contribution is -2.87. The van der Waals surface area contributed by atoms with Crippen molar-refractivity contribution in [1.82, 2.24) is 24.6 Å². The van der Waals surface area contributed by atoms with Crippen LogP contribution in [0, 0.1) is 10.8 Å². The summed E-state index contributed by atoms with van der Waals surface area (Å²) in [6.45, 7) is 4.10. The van der Waals surface area contributed by atoms with Crippen LogP contribution in [0.1, 0.15) is 52.8 Å². The Labute approximate surface area is 229 Å². The van der Waals surface area contributed by atoms with Crippen molar-refractivity contribution < 1.29 is 28.0 Å². The fourth-order valence-electron chi connectivity index (χ4n) is 4.88. The first-order chi connectivity index (χ1) is 19.0. The van der Waals surface area contributed by atoms with E-state index < -0.39 is 17.9 Å². The number of quaternary nitrogens is 1. The molecule has 4 rings (SSSR count). The van der Waals surface area contributed by atoms with Gasteiger partial charge in [0, 0.05) is 42.7 Å². The highest BCUT2D eigenvalue weighted by atomic mass is 19.4. The Hall–Kier alpha value is -4.26. The van der Waals surface area contributed by atoms with E-state index in [4.69, 9.17) is 15.6 Å². The Morgan fingerprint density at radius 2 is 2.00 bits per heavy atom. The number of halogens is 3. The van der Waals surface area contributed by atoms with Gasteiger partial charge in [-0.1, -0.05) is 0 Å². The normalized spacial score (nSPS) is 14.1. The van der Waals surface area contributed by atoms with Crippen molar-refractivity contribution in [2.75, 3.05) is 20.7 Å². The van der Waals surface area contributed by atoms with Gasteiger partial charge in [0.05, 0.1) is 38.8 Å². The first kappa shape index (κ1) is 28.7. The number of alkyl halides is 3. The number of nitrogens with one attached hydrogen (secondary N) is 2. The van der Waals surface area contributed by atoms with Gasteiger partial charge >= 0.3 is 6.18 Å². The molecular weight excluding hydrogens is 525 g/mol. The molecule has 1 aliphatic heterocycles. The lowest BCUT2D eigenvalue weighted by molar-refractivity contribution is -0.516. The van der Waals surface area contributed by atoms with Crippen molar-refractivity contribution >= 4 is 18.2 Å². The second kappa shape index (κ2) is 11.5. The Bertz CT molecular complexity index is 1440. The maximum Gasteiger partial charge on any atom is 0.435 e. The molecule has 0 unspecified atom stereocenters. The van der Waals surface area contributed by atoms with Crippen LogP contribution in [-0.2, 0) is 25.7 Å². The van der Waals surface area contributed by atoms with Crippen LogP contribution in [-0.4, -0.2) is 63.5 Å². The Kier molecular flexibility index (Phi) is 8.24. The summed E-state index contributed by atoms with van der Waals surface area (Å²) in [6.07, 6.45) is -0.442. The molecule has 0 saturated heterocycles. The summed E-state index contributed by atoms with van der Waals surface area (Å²) in [5.74, 6) is 0.312. The van der Waals surface area contributed by atoms with E-state index in [-0.39, 0.29) is 48.2 Å². The number of carbonyl (C=O) groups excluding carboxylic acids is 1. The molecule has 0 saturated carbocycles. The lowest BCUT2D eigenvalue weighted by Gasteiger charge is -2.34. The quantitative estimate of drug-likeness (QED) is 0.289. The van der Waals surface area contributed by atoms with Crippen LogP contribution in [0.15, 0.2) is 36.7 Å². The van der Waals surface area contributed by atoms with Crippen molar-refractivity contribution in [3.8, 4) is 16.9 Å². The van der Waals surface area contributed by atoms with Crippen molar-refractivity contribution in [3.05, 3.63) is 64.7 Å². The molecule has 1 aromatic carbocycles. The van der Waals surface area contributed by atoms with Crippen molar-refractivity contribution in [2.45, 2.75) is 45.6 Å². The molecule has 3 aromatic rings. The molecule has 4 N–H and O–H groups in total. The zero-order valence-corrected chi connectivity index (χ0v) is 22.7. The molecule has 0 fully saturated rings. The first-order valence-corrected chi connectivity index (χ1v) is 12.8. The van der Waals surface area contributed by atoms with Crippen molar-refractivity contribution in [1.29, 1.82) is 10.8 Å². The zero-order chi connectivity index (χ0) is 29.2. The second-order valence-corrected chi connectivity index (χ2v) is 9.39. The fraction of sp³-hybridized carbons (Fsp3) is 0.370. The van der Waals surface area contributed by atoms with Gasteiger partial charge in [0.1, 0.15) is 5.75 Å². The standard InChI is InChI=1S/C27H31F3N8O2/c1-5-37-14-22(24(35-37)27(28,29)30)20-10-17(13-36(15-31)26(32)33-3)11-21-19(20)7-9-38(25(21)39)16(2)23-12-18(40-4)6-8-34-23/h6,8,10-12,14-16,31H,5,7,9,13H2,1-4H3,(H2,32,33)/p+1/t16-/m0/s1. The topological polar surface area (TPSA) is 128 Å². The average Bonchev–Trinajstić information content (AvgIpc) is 3.40. The van der Waals surface area contributed by atoms with E-state index in [1.54, 1.807) is 56.4 Å². The van der Waals surface area contributed by atoms with Crippen molar-refractivity contribution in [3.63, 3.8) is 0 Å². The van der Waals surface area contributed by atoms with Crippen LogP contribution in [0.4, 0.5) is 13.2 Å². The van der Waals surface area contributed by atoms with E-state index >= 15 is 0 Å². The van der Waals surface area contributed by atoms with Crippen molar-refractivity contribution in [2.24, 2.45) is 0 Å². The summed E-state index contributed by atoms with van der Waals surface area (Å²) in [6, 6.07) is 6.30. The summed E-state index contributed by atoms with van der Waals surface area (Å²) >= 11 is 0. The molecule has 13 heteroatoms. The number of carbonyl (C=O) groups is 1. The largest absolute Gasteiger partial charge is 0.497 e. The number of aromatic nitrogens is 3. The number of pyridine rings is 1. The minimum atomic E-state index is -4.70. The smallest absolute Gasteiger partial charge is 0.435 e. The summed E-state index contributed by atoms with van der Waals surface area (Å²) in [5.41, 5.74) is 1.06. The van der Waals surface area contributed by atoms with Crippen LogP contribution in [0.2, 0.25) is 0 Å². The summed E-state index contributed by atoms with van der Waals surface area (Å²) in [4.78, 5) is 21.3. The molecule has 1 amide bonds. The number of ether oxygens (including phenoxy) is 1. The molecule has 10 nitrogen and oxygen atoms in total. The van der Waals surface area contributed by atoms with Gasteiger partial charge in [-0.05, 0) is 55.2 Å². The summed E-state index contributed by atoms with van der Waals surface area (Å²) < 4.78 is 48.8. The number of methoxy groups -OCH3 is 1. The molecule has 0 bridgehead atoms. The SMILES string of the molecule is CCn1cc(-c2cc(CN(C=N)C(=N)[NH2+]C)cc3c2CCN([C@@H](C)c2cc(OC)ccn2)C3=O)c(C(F)(F)F)n1. The van der Waals surface area contributed by atoms with Crippen LogP contribution in [0.25, 0.3) is 11.1 Å². The molecule has 0 aliphatic carbocycles. The van der Waals surface area contributed by atoms with E-state index in [0.717, 1.165) is 6.34 Å². The highest BCUT2D eigenvalue weighted by Gasteiger charge is 2.39. The molecular formula is C27H32F3N8O2+. The predicted molar refractivity (Wildman–Crippen MR) is 142 cm³/mol. The van der Waals surface area contributed by atoms with Crippen LogP contribution in [0.5, 0.6) is 5.75 Å². The van der Waals surface area contributed by atoms with Crippen LogP contribution < -0.4 is 10.1 Å². The van der Waals surface area contributed by atoms with Gasteiger partial charge in [-0.25, -0.2) is 5.41 Å². The number of guanidine groups is 1. The lowest BCUT2D eigenvalue weighted by atomic mass is 9.87. The maximum atomic E-state index is 14.1. The maximum absolute atomic E-state index is 14.1. The molecule has 1 aliphatic rings. The molecule has 2 aromatic heterocycles. The van der Waals surface area contributed by atoms with E-state index in [1.807, 2.05) is 6.92 Å². The minimum absolute atomic E-state index is 0.0243. The molecule has 40 heavy (non-hydrogen) atoms. The highest BCUT2D eigenvalue weighted by molar-refractivity contribution is 5.99. The van der Waals surface area contributed by atoms with Gasteiger partial charge in [-0.15, -0.1) is 0 Å². The Morgan fingerprint density at radius 1 is 1.27 bits per heavy atom. The van der Waals surface area contributed by atoms with E-state index in [9.17, 15) is 18.0 Å². The number of fused-ring (bicyclic) bond motifs is 1. The number of benzene rings is 1. The average molecular weight is 558 g/mol. The number of nitrogens with zero attached hydrogens (tertiary/aromatic N) is 5. The summed E-state index contributed by atoms with van der Waals surface area (Å²) in [5, 5.41) is 21.1. The first-order valence-electron chi connectivity index (χ1n) is 12.8. The van der Waals surface area contributed by atoms with E-state index in [2.05, 4.69) is 10.1 Å². The van der Waals surface area contributed by atoms with E-state index in [0.29, 0.717) is 29.0 Å². The fourth-order valence-corrected chi connectivity index (χ4v) is 4.88.